The first-order chi connectivity index (χ1) is 5.52. The molecule has 1 aliphatic rings. The van der Waals surface area contributed by atoms with Crippen LogP contribution in [0.5, 0.6) is 0 Å². The van der Waals surface area contributed by atoms with Crippen LogP contribution in [-0.2, 0) is 4.79 Å². The van der Waals surface area contributed by atoms with E-state index in [0.29, 0.717) is 5.78 Å². The van der Waals surface area contributed by atoms with Crippen molar-refractivity contribution in [1.29, 1.82) is 0 Å². The highest BCUT2D eigenvalue weighted by Crippen LogP contribution is 2.35. The van der Waals surface area contributed by atoms with Crippen molar-refractivity contribution in [2.45, 2.75) is 46.5 Å². The van der Waals surface area contributed by atoms with Crippen molar-refractivity contribution in [3.63, 3.8) is 0 Å². The Balaban J connectivity index is 2.70. The molecule has 1 unspecified atom stereocenters. The molecule has 0 aromatic heterocycles. The van der Waals surface area contributed by atoms with Gasteiger partial charge in [-0.05, 0) is 32.1 Å². The average molecular weight is 166 g/mol. The van der Waals surface area contributed by atoms with Crippen LogP contribution in [0.25, 0.3) is 0 Å². The lowest BCUT2D eigenvalue weighted by Gasteiger charge is -2.29. The van der Waals surface area contributed by atoms with Gasteiger partial charge < -0.3 is 0 Å². The molecule has 1 saturated carbocycles. The maximum Gasteiger partial charge on any atom is 0.133 e. The van der Waals surface area contributed by atoms with Gasteiger partial charge in [-0.1, -0.05) is 18.6 Å². The van der Waals surface area contributed by atoms with E-state index in [1.807, 2.05) is 0 Å². The second kappa shape index (κ2) is 3.42. The largest absolute Gasteiger partial charge is 0.300 e. The van der Waals surface area contributed by atoms with Gasteiger partial charge in [0, 0.05) is 12.8 Å². The number of Topliss-reactive ketones (excluding diaryl/α,β-unsaturated/α-hetero) is 1. The molecule has 0 N–H and O–H groups in total. The van der Waals surface area contributed by atoms with Gasteiger partial charge in [0.25, 0.3) is 0 Å². The number of hydrogen-bond donors (Lipinski definition) is 0. The normalized spacial score (nSPS) is 30.1. The monoisotopic (exact) mass is 166 g/mol. The lowest BCUT2D eigenvalue weighted by molar-refractivity contribution is -0.122. The van der Waals surface area contributed by atoms with Crippen molar-refractivity contribution in [2.75, 3.05) is 0 Å². The van der Waals surface area contributed by atoms with Gasteiger partial charge in [0.1, 0.15) is 5.78 Å². The second-order valence-electron chi connectivity index (χ2n) is 4.44. The minimum atomic E-state index is 0.161. The van der Waals surface area contributed by atoms with Crippen LogP contribution in [0.3, 0.4) is 0 Å². The van der Waals surface area contributed by atoms with Crippen molar-refractivity contribution in [3.05, 3.63) is 11.6 Å². The maximum atomic E-state index is 11.2. The Morgan fingerprint density at radius 1 is 1.50 bits per heavy atom. The molecule has 12 heavy (non-hydrogen) atoms. The van der Waals surface area contributed by atoms with Gasteiger partial charge in [0.15, 0.2) is 0 Å². The fraction of sp³-hybridized carbons (Fsp3) is 0.727. The van der Waals surface area contributed by atoms with E-state index in [-0.39, 0.29) is 5.41 Å². The topological polar surface area (TPSA) is 17.1 Å². The molecule has 0 bridgehead atoms. The highest BCUT2D eigenvalue weighted by atomic mass is 16.1. The van der Waals surface area contributed by atoms with E-state index in [4.69, 9.17) is 0 Å². The molecule has 0 aliphatic heterocycles. The average Bonchev–Trinajstić information content (AvgIpc) is 1.82. The summed E-state index contributed by atoms with van der Waals surface area (Å²) in [6.07, 6.45) is 6.04. The summed E-state index contributed by atoms with van der Waals surface area (Å²) in [5, 5.41) is 0. The summed E-state index contributed by atoms with van der Waals surface area (Å²) in [5.41, 5.74) is 1.49. The third kappa shape index (κ3) is 2.47. The zero-order valence-electron chi connectivity index (χ0n) is 8.31. The Kier molecular flexibility index (Phi) is 2.71. The zero-order chi connectivity index (χ0) is 9.19. The Morgan fingerprint density at radius 2 is 2.17 bits per heavy atom. The second-order valence-corrected chi connectivity index (χ2v) is 4.44. The number of carbonyl (C=O) groups excluding carboxylic acids is 1. The molecule has 0 amide bonds. The van der Waals surface area contributed by atoms with Gasteiger partial charge in [-0.25, -0.2) is 0 Å². The van der Waals surface area contributed by atoms with E-state index >= 15 is 0 Å². The quantitative estimate of drug-likeness (QED) is 0.547. The molecule has 1 heteroatoms. The van der Waals surface area contributed by atoms with E-state index in [9.17, 15) is 4.79 Å². The molecule has 0 saturated heterocycles. The molecule has 1 rings (SSSR count). The number of hydrogen-bond acceptors (Lipinski definition) is 1. The molecule has 0 aromatic carbocycles. The first-order valence-electron chi connectivity index (χ1n) is 4.70. The van der Waals surface area contributed by atoms with Gasteiger partial charge in [-0.2, -0.15) is 0 Å². The lowest BCUT2D eigenvalue weighted by Crippen LogP contribution is -2.23. The summed E-state index contributed by atoms with van der Waals surface area (Å²) in [7, 11) is 0. The summed E-state index contributed by atoms with van der Waals surface area (Å²) in [5.74, 6) is 0.432. The van der Waals surface area contributed by atoms with Crippen molar-refractivity contribution in [2.24, 2.45) is 5.41 Å². The van der Waals surface area contributed by atoms with Gasteiger partial charge >= 0.3 is 0 Å². The Labute approximate surface area is 74.9 Å². The molecule has 0 radical (unpaired) electrons. The van der Waals surface area contributed by atoms with Gasteiger partial charge in [0.2, 0.25) is 0 Å². The fourth-order valence-electron chi connectivity index (χ4n) is 2.14. The smallest absolute Gasteiger partial charge is 0.133 e. The predicted octanol–water partition coefficient (Wildman–Crippen LogP) is 3.10. The van der Waals surface area contributed by atoms with Crippen LogP contribution in [0.4, 0.5) is 0 Å². The van der Waals surface area contributed by atoms with E-state index in [2.05, 4.69) is 26.8 Å². The number of ketones is 1. The molecule has 1 aliphatic carbocycles. The van der Waals surface area contributed by atoms with Crippen LogP contribution in [0.15, 0.2) is 11.6 Å². The molecule has 1 fully saturated rings. The van der Waals surface area contributed by atoms with Crippen molar-refractivity contribution < 1.29 is 4.79 Å². The zero-order valence-corrected chi connectivity index (χ0v) is 8.31. The first kappa shape index (κ1) is 9.50. The van der Waals surface area contributed by atoms with Gasteiger partial charge in [-0.15, -0.1) is 0 Å². The molecular formula is C11H18O. The van der Waals surface area contributed by atoms with Crippen molar-refractivity contribution in [3.8, 4) is 0 Å². The van der Waals surface area contributed by atoms with E-state index < -0.39 is 0 Å². The summed E-state index contributed by atoms with van der Waals surface area (Å²) < 4.78 is 0. The SMILES string of the molecule is CC(C)=CC1(C)CCCC(=O)C1. The molecular weight excluding hydrogens is 148 g/mol. The molecule has 0 spiro atoms. The first-order valence-corrected chi connectivity index (χ1v) is 4.70. The van der Waals surface area contributed by atoms with E-state index in [1.165, 1.54) is 12.0 Å². The molecule has 1 nitrogen and oxygen atoms in total. The molecule has 1 atom stereocenters. The number of rotatable bonds is 1. The van der Waals surface area contributed by atoms with Gasteiger partial charge in [-0.3, -0.25) is 4.79 Å². The summed E-state index contributed by atoms with van der Waals surface area (Å²) in [4.78, 5) is 11.2. The van der Waals surface area contributed by atoms with Crippen LogP contribution in [0, 0.1) is 5.41 Å². The number of allylic oxidation sites excluding steroid dienone is 2. The van der Waals surface area contributed by atoms with Crippen molar-refractivity contribution >= 4 is 5.78 Å². The number of carbonyl (C=O) groups is 1. The third-order valence-corrected chi connectivity index (χ3v) is 2.44. The van der Waals surface area contributed by atoms with Crippen LogP contribution in [0.1, 0.15) is 46.5 Å². The summed E-state index contributed by atoms with van der Waals surface area (Å²) in [6, 6.07) is 0. The van der Waals surface area contributed by atoms with Crippen molar-refractivity contribution in [1.82, 2.24) is 0 Å². The minimum Gasteiger partial charge on any atom is -0.300 e. The van der Waals surface area contributed by atoms with Crippen LogP contribution in [0.2, 0.25) is 0 Å². The Bertz CT molecular complexity index is 211. The van der Waals surface area contributed by atoms with Gasteiger partial charge in [0.05, 0.1) is 0 Å². The highest BCUT2D eigenvalue weighted by molar-refractivity contribution is 5.80. The van der Waals surface area contributed by atoms with Crippen LogP contribution >= 0.6 is 0 Å². The standard InChI is InChI=1S/C11H18O/c1-9(2)7-11(3)6-4-5-10(12)8-11/h7H,4-6,8H2,1-3H3. The maximum absolute atomic E-state index is 11.2. The van der Waals surface area contributed by atoms with Crippen LogP contribution < -0.4 is 0 Å². The van der Waals surface area contributed by atoms with E-state index in [1.54, 1.807) is 0 Å². The highest BCUT2D eigenvalue weighted by Gasteiger charge is 2.28. The van der Waals surface area contributed by atoms with E-state index in [0.717, 1.165) is 19.3 Å². The summed E-state index contributed by atoms with van der Waals surface area (Å²) in [6.45, 7) is 6.39. The summed E-state index contributed by atoms with van der Waals surface area (Å²) >= 11 is 0. The molecule has 68 valence electrons. The fourth-order valence-corrected chi connectivity index (χ4v) is 2.14. The minimum absolute atomic E-state index is 0.161. The Morgan fingerprint density at radius 3 is 2.67 bits per heavy atom. The van der Waals surface area contributed by atoms with Crippen LogP contribution in [-0.4, -0.2) is 5.78 Å². The Hall–Kier alpha value is -0.590. The third-order valence-electron chi connectivity index (χ3n) is 2.44. The predicted molar refractivity (Wildman–Crippen MR) is 51.0 cm³/mol. The molecule has 0 aromatic rings. The molecule has 0 heterocycles. The lowest BCUT2D eigenvalue weighted by atomic mass is 9.74.